The standard InChI is InChI=1S/C12H17NO2/c1-10(13-8-7-12(14)15)9-11-5-3-2-4-6-11/h2-6,10,13H,7-9H2,1H3,(H,14,15). The highest BCUT2D eigenvalue weighted by atomic mass is 16.4. The summed E-state index contributed by atoms with van der Waals surface area (Å²) in [5.41, 5.74) is 1.27. The summed E-state index contributed by atoms with van der Waals surface area (Å²) in [6.07, 6.45) is 1.11. The smallest absolute Gasteiger partial charge is 0.304 e. The van der Waals surface area contributed by atoms with Gasteiger partial charge in [-0.2, -0.15) is 0 Å². The lowest BCUT2D eigenvalue weighted by molar-refractivity contribution is -0.136. The summed E-state index contributed by atoms with van der Waals surface area (Å²) in [6, 6.07) is 10.5. The Hall–Kier alpha value is -1.35. The summed E-state index contributed by atoms with van der Waals surface area (Å²) in [7, 11) is 0. The van der Waals surface area contributed by atoms with E-state index in [-0.39, 0.29) is 6.42 Å². The van der Waals surface area contributed by atoms with Gasteiger partial charge in [0.2, 0.25) is 0 Å². The largest absolute Gasteiger partial charge is 0.481 e. The van der Waals surface area contributed by atoms with Gasteiger partial charge in [0, 0.05) is 12.6 Å². The monoisotopic (exact) mass is 207 g/mol. The van der Waals surface area contributed by atoms with Crippen molar-refractivity contribution in [3.05, 3.63) is 35.9 Å². The lowest BCUT2D eigenvalue weighted by atomic mass is 10.1. The third-order valence-corrected chi connectivity index (χ3v) is 2.22. The summed E-state index contributed by atoms with van der Waals surface area (Å²) in [6.45, 7) is 2.60. The Morgan fingerprint density at radius 3 is 2.67 bits per heavy atom. The molecule has 0 fully saturated rings. The second-order valence-corrected chi connectivity index (χ2v) is 3.69. The summed E-state index contributed by atoms with van der Waals surface area (Å²) in [5.74, 6) is -0.755. The van der Waals surface area contributed by atoms with Gasteiger partial charge in [-0.25, -0.2) is 0 Å². The first-order valence-electron chi connectivity index (χ1n) is 5.17. The molecule has 1 aromatic rings. The molecule has 82 valence electrons. The maximum absolute atomic E-state index is 10.3. The SMILES string of the molecule is CC(Cc1ccccc1)NCCC(=O)O. The maximum atomic E-state index is 10.3. The molecular weight excluding hydrogens is 190 g/mol. The average Bonchev–Trinajstić information content (AvgIpc) is 2.18. The molecule has 1 unspecified atom stereocenters. The van der Waals surface area contributed by atoms with Crippen LogP contribution in [0.25, 0.3) is 0 Å². The molecule has 0 bridgehead atoms. The van der Waals surface area contributed by atoms with Gasteiger partial charge in [-0.1, -0.05) is 30.3 Å². The molecule has 0 aliphatic carbocycles. The van der Waals surface area contributed by atoms with Crippen LogP contribution in [0.5, 0.6) is 0 Å². The van der Waals surface area contributed by atoms with Crippen LogP contribution in [0.15, 0.2) is 30.3 Å². The van der Waals surface area contributed by atoms with Crippen LogP contribution in [0.3, 0.4) is 0 Å². The Kier molecular flexibility index (Phi) is 4.84. The van der Waals surface area contributed by atoms with Crippen molar-refractivity contribution in [3.8, 4) is 0 Å². The van der Waals surface area contributed by atoms with E-state index in [1.54, 1.807) is 0 Å². The van der Waals surface area contributed by atoms with Crippen LogP contribution in [0, 0.1) is 0 Å². The summed E-state index contributed by atoms with van der Waals surface area (Å²) < 4.78 is 0. The average molecular weight is 207 g/mol. The number of nitrogens with one attached hydrogen (secondary N) is 1. The quantitative estimate of drug-likeness (QED) is 0.746. The highest BCUT2D eigenvalue weighted by molar-refractivity contribution is 5.66. The van der Waals surface area contributed by atoms with Gasteiger partial charge in [0.25, 0.3) is 0 Å². The zero-order valence-corrected chi connectivity index (χ0v) is 8.94. The summed E-state index contributed by atoms with van der Waals surface area (Å²) in [4.78, 5) is 10.3. The van der Waals surface area contributed by atoms with Crippen molar-refractivity contribution >= 4 is 5.97 Å². The van der Waals surface area contributed by atoms with Gasteiger partial charge >= 0.3 is 5.97 Å². The number of benzene rings is 1. The molecule has 0 aliphatic rings. The number of carboxylic acid groups (broad SMARTS) is 1. The van der Waals surface area contributed by atoms with E-state index in [1.165, 1.54) is 5.56 Å². The zero-order valence-electron chi connectivity index (χ0n) is 8.94. The zero-order chi connectivity index (χ0) is 11.1. The number of aliphatic carboxylic acids is 1. The van der Waals surface area contributed by atoms with Crippen LogP contribution in [-0.4, -0.2) is 23.7 Å². The lowest BCUT2D eigenvalue weighted by Gasteiger charge is -2.12. The second kappa shape index (κ2) is 6.19. The molecule has 15 heavy (non-hydrogen) atoms. The van der Waals surface area contributed by atoms with Crippen molar-refractivity contribution in [3.63, 3.8) is 0 Å². The number of hydrogen-bond donors (Lipinski definition) is 2. The van der Waals surface area contributed by atoms with Crippen molar-refractivity contribution in [1.82, 2.24) is 5.32 Å². The summed E-state index contributed by atoms with van der Waals surface area (Å²) >= 11 is 0. The van der Waals surface area contributed by atoms with Crippen molar-refractivity contribution in [1.29, 1.82) is 0 Å². The van der Waals surface area contributed by atoms with E-state index >= 15 is 0 Å². The maximum Gasteiger partial charge on any atom is 0.304 e. The number of carbonyl (C=O) groups is 1. The van der Waals surface area contributed by atoms with Crippen molar-refractivity contribution < 1.29 is 9.90 Å². The molecule has 0 radical (unpaired) electrons. The van der Waals surface area contributed by atoms with Gasteiger partial charge in [-0.15, -0.1) is 0 Å². The van der Waals surface area contributed by atoms with Crippen LogP contribution >= 0.6 is 0 Å². The van der Waals surface area contributed by atoms with Crippen molar-refractivity contribution in [2.45, 2.75) is 25.8 Å². The predicted octanol–water partition coefficient (Wildman–Crippen LogP) is 1.68. The molecule has 3 nitrogen and oxygen atoms in total. The Morgan fingerprint density at radius 1 is 1.40 bits per heavy atom. The Morgan fingerprint density at radius 2 is 2.07 bits per heavy atom. The first kappa shape index (κ1) is 11.7. The highest BCUT2D eigenvalue weighted by Crippen LogP contribution is 2.02. The first-order chi connectivity index (χ1) is 7.18. The van der Waals surface area contributed by atoms with E-state index in [4.69, 9.17) is 5.11 Å². The molecule has 1 aromatic carbocycles. The van der Waals surface area contributed by atoms with Crippen molar-refractivity contribution in [2.75, 3.05) is 6.54 Å². The molecule has 0 aliphatic heterocycles. The highest BCUT2D eigenvalue weighted by Gasteiger charge is 2.03. The Balaban J connectivity index is 2.24. The van der Waals surface area contributed by atoms with E-state index in [2.05, 4.69) is 24.4 Å². The van der Waals surface area contributed by atoms with E-state index in [1.807, 2.05) is 18.2 Å². The molecule has 2 N–H and O–H groups in total. The van der Waals surface area contributed by atoms with Crippen LogP contribution < -0.4 is 5.32 Å². The van der Waals surface area contributed by atoms with E-state index in [0.717, 1.165) is 6.42 Å². The minimum absolute atomic E-state index is 0.180. The fourth-order valence-electron chi connectivity index (χ4n) is 1.47. The fourth-order valence-corrected chi connectivity index (χ4v) is 1.47. The number of hydrogen-bond acceptors (Lipinski definition) is 2. The van der Waals surface area contributed by atoms with Crippen LogP contribution in [-0.2, 0) is 11.2 Å². The molecular formula is C12H17NO2. The minimum Gasteiger partial charge on any atom is -0.481 e. The molecule has 0 aromatic heterocycles. The Bertz CT molecular complexity index is 298. The molecule has 0 spiro atoms. The number of rotatable bonds is 6. The van der Waals surface area contributed by atoms with Crippen molar-refractivity contribution in [2.24, 2.45) is 0 Å². The molecule has 0 heterocycles. The molecule has 1 rings (SSSR count). The Labute approximate surface area is 90.1 Å². The molecule has 0 amide bonds. The minimum atomic E-state index is -0.755. The summed E-state index contributed by atoms with van der Waals surface area (Å²) in [5, 5.41) is 11.7. The van der Waals surface area contributed by atoms with E-state index in [9.17, 15) is 4.79 Å². The molecule has 0 saturated heterocycles. The fraction of sp³-hybridized carbons (Fsp3) is 0.417. The van der Waals surface area contributed by atoms with Gasteiger partial charge in [-0.05, 0) is 18.9 Å². The van der Waals surface area contributed by atoms with Gasteiger partial charge in [0.1, 0.15) is 0 Å². The molecule has 3 heteroatoms. The van der Waals surface area contributed by atoms with Crippen LogP contribution in [0.1, 0.15) is 18.9 Å². The van der Waals surface area contributed by atoms with Crippen LogP contribution in [0.4, 0.5) is 0 Å². The van der Waals surface area contributed by atoms with E-state index in [0.29, 0.717) is 12.6 Å². The van der Waals surface area contributed by atoms with Gasteiger partial charge in [0.05, 0.1) is 6.42 Å². The van der Waals surface area contributed by atoms with Crippen LogP contribution in [0.2, 0.25) is 0 Å². The number of carboxylic acids is 1. The van der Waals surface area contributed by atoms with Gasteiger partial charge in [-0.3, -0.25) is 4.79 Å². The lowest BCUT2D eigenvalue weighted by Crippen LogP contribution is -2.30. The van der Waals surface area contributed by atoms with Gasteiger partial charge < -0.3 is 10.4 Å². The predicted molar refractivity (Wildman–Crippen MR) is 59.9 cm³/mol. The first-order valence-corrected chi connectivity index (χ1v) is 5.17. The normalized spacial score (nSPS) is 12.3. The third-order valence-electron chi connectivity index (χ3n) is 2.22. The molecule has 0 saturated carbocycles. The molecule has 1 atom stereocenters. The van der Waals surface area contributed by atoms with E-state index < -0.39 is 5.97 Å². The third kappa shape index (κ3) is 5.18. The van der Waals surface area contributed by atoms with Gasteiger partial charge in [0.15, 0.2) is 0 Å². The topological polar surface area (TPSA) is 49.3 Å². The second-order valence-electron chi connectivity index (χ2n) is 3.69.